The highest BCUT2D eigenvalue weighted by atomic mass is 32.2. The van der Waals surface area contributed by atoms with Crippen LogP contribution in [0.2, 0.25) is 0 Å². The molecular weight excluding hydrogens is 334 g/mol. The van der Waals surface area contributed by atoms with Crippen molar-refractivity contribution in [3.05, 3.63) is 48.0 Å². The third kappa shape index (κ3) is 2.97. The summed E-state index contributed by atoms with van der Waals surface area (Å²) in [6.45, 7) is 3.26. The first-order chi connectivity index (χ1) is 10.9. The fraction of sp³-hybridized carbons (Fsp3) is 0.267. The Morgan fingerprint density at radius 3 is 2.48 bits per heavy atom. The molecule has 0 aliphatic rings. The van der Waals surface area contributed by atoms with Crippen molar-refractivity contribution in [1.29, 1.82) is 0 Å². The fourth-order valence-electron chi connectivity index (χ4n) is 2.07. The Balaban J connectivity index is 1.96. The van der Waals surface area contributed by atoms with E-state index in [2.05, 4.69) is 15.0 Å². The van der Waals surface area contributed by atoms with Crippen LogP contribution < -0.4 is 0 Å². The average Bonchev–Trinajstić information content (AvgIpc) is 2.99. The summed E-state index contributed by atoms with van der Waals surface area (Å²) in [6.07, 6.45) is 1.78. The third-order valence-electron chi connectivity index (χ3n) is 3.52. The maximum atomic E-state index is 12.7. The molecule has 120 valence electrons. The van der Waals surface area contributed by atoms with Crippen LogP contribution in [0.3, 0.4) is 0 Å². The second kappa shape index (κ2) is 5.95. The summed E-state index contributed by atoms with van der Waals surface area (Å²) >= 11 is 1.10. The minimum atomic E-state index is -3.78. The van der Waals surface area contributed by atoms with Crippen LogP contribution in [0.25, 0.3) is 10.2 Å². The van der Waals surface area contributed by atoms with Gasteiger partial charge in [0.05, 0.1) is 15.5 Å². The highest BCUT2D eigenvalue weighted by molar-refractivity contribution is 7.94. The van der Waals surface area contributed by atoms with E-state index in [1.165, 1.54) is 6.92 Å². The monoisotopic (exact) mass is 349 g/mol. The van der Waals surface area contributed by atoms with Crippen molar-refractivity contribution in [2.24, 2.45) is 0 Å². The maximum Gasteiger partial charge on any atom is 0.210 e. The molecule has 0 amide bonds. The molecule has 0 aliphatic carbocycles. The molecule has 3 aromatic rings. The molecule has 2 heterocycles. The molecule has 0 radical (unpaired) electrons. The molecule has 1 unspecified atom stereocenters. The highest BCUT2D eigenvalue weighted by Gasteiger charge is 2.34. The number of para-hydroxylation sites is 1. The molecule has 0 saturated heterocycles. The number of fused-ring (bicyclic) bond motifs is 1. The number of thiazole rings is 1. The minimum Gasteiger partial charge on any atom is -0.384 e. The number of aliphatic hydroxyl groups excluding tert-OH is 1. The molecule has 0 fully saturated rings. The molecule has 6 nitrogen and oxygen atoms in total. The summed E-state index contributed by atoms with van der Waals surface area (Å²) in [6, 6.07) is 7.21. The van der Waals surface area contributed by atoms with E-state index in [9.17, 15) is 13.5 Å². The molecule has 2 atom stereocenters. The van der Waals surface area contributed by atoms with Gasteiger partial charge in [0.15, 0.2) is 5.82 Å². The van der Waals surface area contributed by atoms with Crippen LogP contribution in [-0.4, -0.2) is 33.7 Å². The third-order valence-corrected chi connectivity index (χ3v) is 7.11. The molecule has 23 heavy (non-hydrogen) atoms. The number of benzene rings is 1. The van der Waals surface area contributed by atoms with Gasteiger partial charge >= 0.3 is 0 Å². The standard InChI is InChI=1S/C15H15N3O3S2/c1-9-7-16-14(17-8-9)13(19)10(2)23(20,21)15-18-11-5-3-4-6-12(11)22-15/h3-8,10,13,19H,1-2H3/t10?,13-/m1/s1. The lowest BCUT2D eigenvalue weighted by Crippen LogP contribution is -2.27. The summed E-state index contributed by atoms with van der Waals surface area (Å²) in [7, 11) is -3.78. The van der Waals surface area contributed by atoms with E-state index >= 15 is 0 Å². The Hall–Kier alpha value is -1.90. The van der Waals surface area contributed by atoms with E-state index < -0.39 is 21.2 Å². The molecule has 8 heteroatoms. The Labute approximate surface area is 137 Å². The second-order valence-corrected chi connectivity index (χ2v) is 8.77. The van der Waals surface area contributed by atoms with Crippen molar-refractivity contribution in [3.8, 4) is 0 Å². The lowest BCUT2D eigenvalue weighted by Gasteiger charge is -2.16. The predicted molar refractivity (Wildman–Crippen MR) is 88.0 cm³/mol. The average molecular weight is 349 g/mol. The molecule has 0 bridgehead atoms. The lowest BCUT2D eigenvalue weighted by atomic mass is 10.2. The topological polar surface area (TPSA) is 93.0 Å². The van der Waals surface area contributed by atoms with Gasteiger partial charge in [-0.2, -0.15) is 0 Å². The lowest BCUT2D eigenvalue weighted by molar-refractivity contribution is 0.166. The van der Waals surface area contributed by atoms with E-state index in [4.69, 9.17) is 0 Å². The van der Waals surface area contributed by atoms with Crippen LogP contribution in [0.4, 0.5) is 0 Å². The summed E-state index contributed by atoms with van der Waals surface area (Å²) in [4.78, 5) is 12.2. The zero-order valence-electron chi connectivity index (χ0n) is 12.5. The molecule has 2 aromatic heterocycles. The Kier molecular flexibility index (Phi) is 4.13. The van der Waals surface area contributed by atoms with Gasteiger partial charge in [0, 0.05) is 12.4 Å². The van der Waals surface area contributed by atoms with Gasteiger partial charge < -0.3 is 5.11 Å². The molecule has 0 aliphatic heterocycles. The van der Waals surface area contributed by atoms with Gasteiger partial charge in [-0.1, -0.05) is 12.1 Å². The summed E-state index contributed by atoms with van der Waals surface area (Å²) in [5.74, 6) is 0.0905. The van der Waals surface area contributed by atoms with Gasteiger partial charge in [0.1, 0.15) is 6.10 Å². The van der Waals surface area contributed by atoms with E-state index in [-0.39, 0.29) is 10.2 Å². The van der Waals surface area contributed by atoms with Crippen LogP contribution in [0, 0.1) is 6.92 Å². The molecular formula is C15H15N3O3S2. The summed E-state index contributed by atoms with van der Waals surface area (Å²) < 4.78 is 26.2. The van der Waals surface area contributed by atoms with Crippen molar-refractivity contribution in [3.63, 3.8) is 0 Å². The van der Waals surface area contributed by atoms with Gasteiger partial charge in [0.25, 0.3) is 0 Å². The van der Waals surface area contributed by atoms with Gasteiger partial charge in [-0.15, -0.1) is 11.3 Å². The van der Waals surface area contributed by atoms with E-state index in [0.717, 1.165) is 21.6 Å². The van der Waals surface area contributed by atoms with Crippen molar-refractivity contribution >= 4 is 31.4 Å². The van der Waals surface area contributed by atoms with Crippen LogP contribution in [0.15, 0.2) is 41.0 Å². The van der Waals surface area contributed by atoms with Crippen molar-refractivity contribution in [2.75, 3.05) is 0 Å². The number of rotatable bonds is 4. The van der Waals surface area contributed by atoms with Crippen LogP contribution in [0.5, 0.6) is 0 Å². The number of aliphatic hydroxyl groups is 1. The van der Waals surface area contributed by atoms with Crippen LogP contribution in [0.1, 0.15) is 24.4 Å². The number of hydrogen-bond acceptors (Lipinski definition) is 7. The molecule has 3 rings (SSSR count). The highest BCUT2D eigenvalue weighted by Crippen LogP contribution is 2.31. The number of hydrogen-bond donors (Lipinski definition) is 1. The zero-order valence-corrected chi connectivity index (χ0v) is 14.2. The first-order valence-electron chi connectivity index (χ1n) is 6.95. The zero-order chi connectivity index (χ0) is 16.6. The van der Waals surface area contributed by atoms with Gasteiger partial charge in [-0.05, 0) is 31.5 Å². The molecule has 0 spiro atoms. The first-order valence-corrected chi connectivity index (χ1v) is 9.32. The smallest absolute Gasteiger partial charge is 0.210 e. The molecule has 0 saturated carbocycles. The number of aryl methyl sites for hydroxylation is 1. The summed E-state index contributed by atoms with van der Waals surface area (Å²) in [5, 5.41) is 9.23. The first kappa shape index (κ1) is 16.0. The van der Waals surface area contributed by atoms with Gasteiger partial charge in [-0.3, -0.25) is 0 Å². The fourth-order valence-corrected chi connectivity index (χ4v) is 4.96. The largest absolute Gasteiger partial charge is 0.384 e. The van der Waals surface area contributed by atoms with Gasteiger partial charge in [0.2, 0.25) is 14.2 Å². The van der Waals surface area contributed by atoms with Crippen molar-refractivity contribution < 1.29 is 13.5 Å². The molecule has 1 N–H and O–H groups in total. The Morgan fingerprint density at radius 1 is 1.17 bits per heavy atom. The quantitative estimate of drug-likeness (QED) is 0.777. The Bertz CT molecular complexity index is 903. The van der Waals surface area contributed by atoms with Crippen LogP contribution in [-0.2, 0) is 9.84 Å². The van der Waals surface area contributed by atoms with Gasteiger partial charge in [-0.25, -0.2) is 23.4 Å². The normalized spacial score (nSPS) is 14.7. The number of nitrogens with zero attached hydrogens (tertiary/aromatic N) is 3. The SMILES string of the molecule is Cc1cnc([C@H](O)C(C)S(=O)(=O)c2nc3ccccc3s2)nc1. The maximum absolute atomic E-state index is 12.7. The van der Waals surface area contributed by atoms with E-state index in [0.29, 0.717) is 5.52 Å². The summed E-state index contributed by atoms with van der Waals surface area (Å²) in [5.41, 5.74) is 1.46. The van der Waals surface area contributed by atoms with E-state index in [1.54, 1.807) is 24.5 Å². The number of sulfone groups is 1. The number of aromatic nitrogens is 3. The van der Waals surface area contributed by atoms with Crippen molar-refractivity contribution in [2.45, 2.75) is 29.5 Å². The van der Waals surface area contributed by atoms with Crippen molar-refractivity contribution in [1.82, 2.24) is 15.0 Å². The Morgan fingerprint density at radius 2 is 1.83 bits per heavy atom. The predicted octanol–water partition coefficient (Wildman–Crippen LogP) is 2.29. The minimum absolute atomic E-state index is 0.00244. The second-order valence-electron chi connectivity index (χ2n) is 5.26. The molecule has 1 aromatic carbocycles. The van der Waals surface area contributed by atoms with E-state index in [1.807, 2.05) is 19.1 Å². The van der Waals surface area contributed by atoms with Crippen LogP contribution >= 0.6 is 11.3 Å².